The van der Waals surface area contributed by atoms with Gasteiger partial charge >= 0.3 is 12.0 Å². The molecule has 0 saturated carbocycles. The summed E-state index contributed by atoms with van der Waals surface area (Å²) in [5, 5.41) is 15.1. The number of carbonyl (C=O) groups is 2. The number of carbonyl (C=O) groups excluding carboxylic acids is 1. The van der Waals surface area contributed by atoms with Gasteiger partial charge in [0.1, 0.15) is 0 Å². The van der Waals surface area contributed by atoms with Crippen LogP contribution in [0, 0.1) is 5.92 Å². The van der Waals surface area contributed by atoms with Gasteiger partial charge in [0, 0.05) is 11.0 Å². The van der Waals surface area contributed by atoms with Gasteiger partial charge in [0.05, 0.1) is 18.0 Å². The van der Waals surface area contributed by atoms with E-state index in [0.29, 0.717) is 11.7 Å². The van der Waals surface area contributed by atoms with Crippen molar-refractivity contribution in [1.29, 1.82) is 0 Å². The molecule has 5 nitrogen and oxygen atoms in total. The van der Waals surface area contributed by atoms with E-state index in [0.717, 1.165) is 18.6 Å². The molecule has 1 unspecified atom stereocenters. The van der Waals surface area contributed by atoms with Crippen LogP contribution >= 0.6 is 11.8 Å². The Morgan fingerprint density at radius 1 is 1.59 bits per heavy atom. The lowest BCUT2D eigenvalue weighted by atomic mass is 9.99. The molecule has 4 atom stereocenters. The molecule has 96 valence electrons. The van der Waals surface area contributed by atoms with E-state index in [-0.39, 0.29) is 24.0 Å². The smallest absolute Gasteiger partial charge is 0.315 e. The molecule has 0 aliphatic carbocycles. The predicted octanol–water partition coefficient (Wildman–Crippen LogP) is 1.04. The third-order valence-electron chi connectivity index (χ3n) is 3.49. The summed E-state index contributed by atoms with van der Waals surface area (Å²) >= 11 is 1.87. The Bertz CT molecular complexity index is 324. The van der Waals surface area contributed by atoms with Gasteiger partial charge in [0.25, 0.3) is 0 Å². The van der Waals surface area contributed by atoms with Crippen LogP contribution in [0.2, 0.25) is 0 Å². The summed E-state index contributed by atoms with van der Waals surface area (Å²) in [6.07, 6.45) is 2.60. The standard InChI is InChI=1S/C11H18N2O3S/c1-6(10(14)15)3-2-4-8-9-7(5-17-8)12-11(16)13-9/h6-9H,2-5H2,1H3,(H,14,15)(H2,12,13,16)/t6?,7-,8-,9-/m0/s1. The third kappa shape index (κ3) is 2.86. The number of amides is 2. The molecule has 3 N–H and O–H groups in total. The van der Waals surface area contributed by atoms with Crippen LogP contribution < -0.4 is 10.6 Å². The molecule has 0 spiro atoms. The normalized spacial score (nSPS) is 32.8. The van der Waals surface area contributed by atoms with Crippen LogP contribution in [-0.4, -0.2) is 40.2 Å². The van der Waals surface area contributed by atoms with Crippen LogP contribution in [0.4, 0.5) is 4.79 Å². The van der Waals surface area contributed by atoms with E-state index in [1.54, 1.807) is 6.92 Å². The van der Waals surface area contributed by atoms with Gasteiger partial charge in [0.15, 0.2) is 0 Å². The number of nitrogens with one attached hydrogen (secondary N) is 2. The molecule has 0 aromatic rings. The Kier molecular flexibility index (Phi) is 3.81. The van der Waals surface area contributed by atoms with E-state index < -0.39 is 5.97 Å². The van der Waals surface area contributed by atoms with Gasteiger partial charge in [-0.15, -0.1) is 0 Å². The average Bonchev–Trinajstić information content (AvgIpc) is 2.78. The quantitative estimate of drug-likeness (QED) is 0.644. The van der Waals surface area contributed by atoms with Gasteiger partial charge in [-0.05, 0) is 12.8 Å². The zero-order valence-electron chi connectivity index (χ0n) is 9.81. The molecule has 0 aromatic carbocycles. The highest BCUT2D eigenvalue weighted by atomic mass is 32.2. The van der Waals surface area contributed by atoms with Crippen LogP contribution in [0.5, 0.6) is 0 Å². The summed E-state index contributed by atoms with van der Waals surface area (Å²) < 4.78 is 0. The van der Waals surface area contributed by atoms with Crippen LogP contribution in [0.25, 0.3) is 0 Å². The molecule has 2 heterocycles. The molecule has 2 saturated heterocycles. The summed E-state index contributed by atoms with van der Waals surface area (Å²) in [5.41, 5.74) is 0. The topological polar surface area (TPSA) is 78.4 Å². The van der Waals surface area contributed by atoms with E-state index in [4.69, 9.17) is 5.11 Å². The van der Waals surface area contributed by atoms with Crippen molar-refractivity contribution in [3.8, 4) is 0 Å². The number of thioether (sulfide) groups is 1. The lowest BCUT2D eigenvalue weighted by Gasteiger charge is -2.17. The molecule has 2 fully saturated rings. The fourth-order valence-corrected chi connectivity index (χ4v) is 3.94. The highest BCUT2D eigenvalue weighted by Crippen LogP contribution is 2.33. The Labute approximate surface area is 105 Å². The highest BCUT2D eigenvalue weighted by molar-refractivity contribution is 8.00. The molecule has 0 radical (unpaired) electrons. The van der Waals surface area contributed by atoms with Crippen molar-refractivity contribution in [2.45, 2.75) is 43.5 Å². The molecular formula is C11H18N2O3S. The Morgan fingerprint density at radius 2 is 2.35 bits per heavy atom. The number of carboxylic acids is 1. The van der Waals surface area contributed by atoms with Gasteiger partial charge in [-0.3, -0.25) is 4.79 Å². The van der Waals surface area contributed by atoms with Crippen LogP contribution in [0.15, 0.2) is 0 Å². The number of urea groups is 1. The van der Waals surface area contributed by atoms with E-state index in [2.05, 4.69) is 10.6 Å². The fraction of sp³-hybridized carbons (Fsp3) is 0.818. The zero-order valence-corrected chi connectivity index (χ0v) is 10.6. The number of hydrogen-bond donors (Lipinski definition) is 3. The second kappa shape index (κ2) is 5.16. The summed E-state index contributed by atoms with van der Waals surface area (Å²) in [6, 6.07) is 0.422. The highest BCUT2D eigenvalue weighted by Gasteiger charge is 2.42. The summed E-state index contributed by atoms with van der Waals surface area (Å²) in [7, 11) is 0. The Morgan fingerprint density at radius 3 is 3.06 bits per heavy atom. The maximum absolute atomic E-state index is 11.2. The minimum absolute atomic E-state index is 0.0656. The van der Waals surface area contributed by atoms with Crippen molar-refractivity contribution in [2.24, 2.45) is 5.92 Å². The van der Waals surface area contributed by atoms with Gasteiger partial charge in [-0.25, -0.2) is 4.79 Å². The summed E-state index contributed by atoms with van der Waals surface area (Å²) in [4.78, 5) is 21.8. The second-order valence-electron chi connectivity index (χ2n) is 4.79. The van der Waals surface area contributed by atoms with E-state index >= 15 is 0 Å². The van der Waals surface area contributed by atoms with Crippen LogP contribution in [0.3, 0.4) is 0 Å². The molecule has 0 bridgehead atoms. The van der Waals surface area contributed by atoms with Gasteiger partial charge < -0.3 is 15.7 Å². The van der Waals surface area contributed by atoms with Crippen molar-refractivity contribution in [3.05, 3.63) is 0 Å². The Hall–Kier alpha value is -0.910. The second-order valence-corrected chi connectivity index (χ2v) is 6.06. The Balaban J connectivity index is 1.73. The molecule has 2 rings (SSSR count). The van der Waals surface area contributed by atoms with Crippen LogP contribution in [0.1, 0.15) is 26.2 Å². The number of hydrogen-bond acceptors (Lipinski definition) is 3. The third-order valence-corrected chi connectivity index (χ3v) is 4.99. The lowest BCUT2D eigenvalue weighted by molar-refractivity contribution is -0.141. The maximum atomic E-state index is 11.2. The molecule has 2 aliphatic rings. The minimum Gasteiger partial charge on any atom is -0.481 e. The van der Waals surface area contributed by atoms with Crippen molar-refractivity contribution >= 4 is 23.8 Å². The minimum atomic E-state index is -0.724. The predicted molar refractivity (Wildman–Crippen MR) is 66.1 cm³/mol. The molecule has 0 aromatic heterocycles. The van der Waals surface area contributed by atoms with Crippen molar-refractivity contribution in [3.63, 3.8) is 0 Å². The van der Waals surface area contributed by atoms with Gasteiger partial charge in [-0.1, -0.05) is 13.3 Å². The zero-order chi connectivity index (χ0) is 12.4. The van der Waals surface area contributed by atoms with Crippen molar-refractivity contribution in [1.82, 2.24) is 10.6 Å². The molecule has 2 aliphatic heterocycles. The average molecular weight is 258 g/mol. The van der Waals surface area contributed by atoms with Gasteiger partial charge in [-0.2, -0.15) is 11.8 Å². The fourth-order valence-electron chi connectivity index (χ4n) is 2.39. The van der Waals surface area contributed by atoms with Crippen molar-refractivity contribution < 1.29 is 14.7 Å². The first-order chi connectivity index (χ1) is 8.08. The summed E-state index contributed by atoms with van der Waals surface area (Å²) in [5.74, 6) is -0.0333. The summed E-state index contributed by atoms with van der Waals surface area (Å²) in [6.45, 7) is 1.74. The van der Waals surface area contributed by atoms with Gasteiger partial charge in [0.2, 0.25) is 0 Å². The molecule has 6 heteroatoms. The molecule has 17 heavy (non-hydrogen) atoms. The van der Waals surface area contributed by atoms with Crippen molar-refractivity contribution in [2.75, 3.05) is 5.75 Å². The van der Waals surface area contributed by atoms with E-state index in [1.165, 1.54) is 0 Å². The number of fused-ring (bicyclic) bond motifs is 1. The number of aliphatic carboxylic acids is 1. The van der Waals surface area contributed by atoms with E-state index in [1.807, 2.05) is 11.8 Å². The lowest BCUT2D eigenvalue weighted by Crippen LogP contribution is -2.36. The first kappa shape index (κ1) is 12.5. The van der Waals surface area contributed by atoms with E-state index in [9.17, 15) is 9.59 Å². The monoisotopic (exact) mass is 258 g/mol. The number of carboxylic acid groups (broad SMARTS) is 1. The molecular weight excluding hydrogens is 240 g/mol. The number of rotatable bonds is 5. The molecule has 2 amide bonds. The largest absolute Gasteiger partial charge is 0.481 e. The SMILES string of the molecule is CC(CCC[C@@H]1SC[C@@H]2NC(=O)N[C@@H]21)C(=O)O. The van der Waals surface area contributed by atoms with Crippen LogP contribution in [-0.2, 0) is 4.79 Å². The maximum Gasteiger partial charge on any atom is 0.315 e. The first-order valence-electron chi connectivity index (χ1n) is 5.99. The first-order valence-corrected chi connectivity index (χ1v) is 7.04.